The van der Waals surface area contributed by atoms with Crippen molar-refractivity contribution in [1.29, 1.82) is 0 Å². The van der Waals surface area contributed by atoms with Crippen molar-refractivity contribution in [3.63, 3.8) is 0 Å². The minimum absolute atomic E-state index is 0.184. The van der Waals surface area contributed by atoms with Crippen LogP contribution in [0.3, 0.4) is 0 Å². The molecular weight excluding hydrogens is 234 g/mol. The molecule has 0 N–H and O–H groups in total. The molecular formula is C13H23NO4. The molecule has 0 saturated carbocycles. The number of ether oxygens (including phenoxy) is 2. The molecule has 0 bridgehead atoms. The summed E-state index contributed by atoms with van der Waals surface area (Å²) in [5.74, 6) is -0.187. The molecule has 18 heavy (non-hydrogen) atoms. The molecule has 0 radical (unpaired) electrons. The number of nitrogens with zero attached hydrogens (tertiary/aromatic N) is 1. The highest BCUT2D eigenvalue weighted by Crippen LogP contribution is 2.17. The average Bonchev–Trinajstić information content (AvgIpc) is 2.63. The Kier molecular flexibility index (Phi) is 4.99. The molecule has 1 aliphatic heterocycles. The molecule has 1 saturated heterocycles. The second-order valence-electron chi connectivity index (χ2n) is 5.58. The van der Waals surface area contributed by atoms with Crippen LogP contribution in [0.5, 0.6) is 0 Å². The summed E-state index contributed by atoms with van der Waals surface area (Å²) >= 11 is 0. The van der Waals surface area contributed by atoms with Crippen LogP contribution in [0.2, 0.25) is 0 Å². The monoisotopic (exact) mass is 257 g/mol. The van der Waals surface area contributed by atoms with Gasteiger partial charge in [-0.15, -0.1) is 0 Å². The van der Waals surface area contributed by atoms with E-state index in [1.807, 2.05) is 27.7 Å². The Morgan fingerprint density at radius 3 is 2.56 bits per heavy atom. The van der Waals surface area contributed by atoms with Crippen LogP contribution >= 0.6 is 0 Å². The van der Waals surface area contributed by atoms with Gasteiger partial charge < -0.3 is 14.4 Å². The Balaban J connectivity index is 2.37. The van der Waals surface area contributed by atoms with E-state index < -0.39 is 5.60 Å². The van der Waals surface area contributed by atoms with E-state index in [4.69, 9.17) is 9.47 Å². The molecule has 5 nitrogen and oxygen atoms in total. The third-order valence-corrected chi connectivity index (χ3v) is 2.55. The second kappa shape index (κ2) is 6.07. The van der Waals surface area contributed by atoms with Gasteiger partial charge in [-0.05, 0) is 27.2 Å². The molecule has 1 rings (SSSR count). The van der Waals surface area contributed by atoms with Crippen LogP contribution in [0.25, 0.3) is 0 Å². The summed E-state index contributed by atoms with van der Waals surface area (Å²) in [4.78, 5) is 24.7. The number of carbonyl (C=O) groups excluding carboxylic acids is 2. The van der Waals surface area contributed by atoms with E-state index in [9.17, 15) is 9.59 Å². The van der Waals surface area contributed by atoms with Crippen LogP contribution in [0.4, 0.5) is 4.79 Å². The molecule has 0 aromatic heterocycles. The topological polar surface area (TPSA) is 55.8 Å². The molecule has 0 spiro atoms. The molecule has 1 aliphatic rings. The van der Waals surface area contributed by atoms with Crippen LogP contribution < -0.4 is 0 Å². The fourth-order valence-corrected chi connectivity index (χ4v) is 1.77. The summed E-state index contributed by atoms with van der Waals surface area (Å²) < 4.78 is 10.5. The lowest BCUT2D eigenvalue weighted by molar-refractivity contribution is -0.148. The predicted molar refractivity (Wildman–Crippen MR) is 67.2 cm³/mol. The van der Waals surface area contributed by atoms with Crippen LogP contribution in [-0.4, -0.2) is 41.8 Å². The fourth-order valence-electron chi connectivity index (χ4n) is 1.77. The van der Waals surface area contributed by atoms with Crippen molar-refractivity contribution in [3.05, 3.63) is 0 Å². The van der Waals surface area contributed by atoms with Gasteiger partial charge in [0.15, 0.2) is 0 Å². The zero-order valence-electron chi connectivity index (χ0n) is 11.7. The van der Waals surface area contributed by atoms with Crippen LogP contribution in [0, 0.1) is 0 Å². The SMILES string of the molecule is CCCC(=O)OC1CCN(C(=O)OC(C)(C)C)C1. The van der Waals surface area contributed by atoms with Gasteiger partial charge in [-0.3, -0.25) is 4.79 Å². The van der Waals surface area contributed by atoms with Gasteiger partial charge in [0.05, 0.1) is 6.54 Å². The summed E-state index contributed by atoms with van der Waals surface area (Å²) in [7, 11) is 0. The number of likely N-dealkylation sites (tertiary alicyclic amines) is 1. The molecule has 1 amide bonds. The maximum absolute atomic E-state index is 11.8. The first-order valence-electron chi connectivity index (χ1n) is 6.49. The van der Waals surface area contributed by atoms with Gasteiger partial charge in [-0.1, -0.05) is 6.92 Å². The van der Waals surface area contributed by atoms with Gasteiger partial charge in [0.1, 0.15) is 11.7 Å². The van der Waals surface area contributed by atoms with Gasteiger partial charge in [0.25, 0.3) is 0 Å². The average molecular weight is 257 g/mol. The Bertz CT molecular complexity index is 309. The first-order chi connectivity index (χ1) is 8.31. The second-order valence-corrected chi connectivity index (χ2v) is 5.58. The number of hydrogen-bond acceptors (Lipinski definition) is 4. The lowest BCUT2D eigenvalue weighted by Gasteiger charge is -2.24. The Morgan fingerprint density at radius 1 is 1.33 bits per heavy atom. The van der Waals surface area contributed by atoms with E-state index in [1.54, 1.807) is 4.90 Å². The molecule has 104 valence electrons. The van der Waals surface area contributed by atoms with Gasteiger partial charge in [0, 0.05) is 19.4 Å². The van der Waals surface area contributed by atoms with Crippen LogP contribution in [0.1, 0.15) is 47.0 Å². The molecule has 1 atom stereocenters. The van der Waals surface area contributed by atoms with E-state index in [0.717, 1.165) is 6.42 Å². The van der Waals surface area contributed by atoms with Crippen molar-refractivity contribution in [3.8, 4) is 0 Å². The molecule has 1 fully saturated rings. The maximum Gasteiger partial charge on any atom is 0.410 e. The third-order valence-electron chi connectivity index (χ3n) is 2.55. The van der Waals surface area contributed by atoms with Gasteiger partial charge >= 0.3 is 12.1 Å². The van der Waals surface area contributed by atoms with Crippen molar-refractivity contribution in [2.75, 3.05) is 13.1 Å². The normalized spacial score (nSPS) is 19.8. The molecule has 0 aromatic carbocycles. The van der Waals surface area contributed by atoms with Crippen LogP contribution in [0.15, 0.2) is 0 Å². The summed E-state index contributed by atoms with van der Waals surface area (Å²) in [6.07, 6.45) is 1.38. The zero-order valence-corrected chi connectivity index (χ0v) is 11.7. The smallest absolute Gasteiger partial charge is 0.410 e. The number of hydrogen-bond donors (Lipinski definition) is 0. The predicted octanol–water partition coefficient (Wildman–Crippen LogP) is 2.34. The summed E-state index contributed by atoms with van der Waals surface area (Å²) in [6, 6.07) is 0. The third kappa shape index (κ3) is 4.94. The summed E-state index contributed by atoms with van der Waals surface area (Å²) in [5, 5.41) is 0. The lowest BCUT2D eigenvalue weighted by atomic mass is 10.2. The van der Waals surface area contributed by atoms with Gasteiger partial charge in [-0.2, -0.15) is 0 Å². The Labute approximate surface area is 108 Å². The van der Waals surface area contributed by atoms with E-state index >= 15 is 0 Å². The van der Waals surface area contributed by atoms with Gasteiger partial charge in [0.2, 0.25) is 0 Å². The Hall–Kier alpha value is -1.26. The molecule has 1 heterocycles. The lowest BCUT2D eigenvalue weighted by Crippen LogP contribution is -2.36. The standard InChI is InChI=1S/C13H23NO4/c1-5-6-11(15)17-10-7-8-14(9-10)12(16)18-13(2,3)4/h10H,5-9H2,1-4H3. The van der Waals surface area contributed by atoms with E-state index in [-0.39, 0.29) is 18.2 Å². The molecule has 5 heteroatoms. The first kappa shape index (κ1) is 14.8. The van der Waals surface area contributed by atoms with Gasteiger partial charge in [-0.25, -0.2) is 4.79 Å². The quantitative estimate of drug-likeness (QED) is 0.728. The highest BCUT2D eigenvalue weighted by molar-refractivity contribution is 5.70. The first-order valence-corrected chi connectivity index (χ1v) is 6.49. The molecule has 1 unspecified atom stereocenters. The highest BCUT2D eigenvalue weighted by atomic mass is 16.6. The number of rotatable bonds is 3. The number of carbonyl (C=O) groups is 2. The summed E-state index contributed by atoms with van der Waals surface area (Å²) in [6.45, 7) is 8.45. The van der Waals surface area contributed by atoms with Crippen molar-refractivity contribution in [2.45, 2.75) is 58.7 Å². The zero-order chi connectivity index (χ0) is 13.8. The van der Waals surface area contributed by atoms with Crippen molar-refractivity contribution in [2.24, 2.45) is 0 Å². The van der Waals surface area contributed by atoms with E-state index in [1.165, 1.54) is 0 Å². The minimum atomic E-state index is -0.492. The van der Waals surface area contributed by atoms with Crippen molar-refractivity contribution < 1.29 is 19.1 Å². The largest absolute Gasteiger partial charge is 0.460 e. The minimum Gasteiger partial charge on any atom is -0.460 e. The fraction of sp³-hybridized carbons (Fsp3) is 0.846. The number of esters is 1. The molecule has 0 aromatic rings. The van der Waals surface area contributed by atoms with E-state index in [2.05, 4.69) is 0 Å². The molecule has 0 aliphatic carbocycles. The summed E-state index contributed by atoms with van der Waals surface area (Å²) in [5.41, 5.74) is -0.492. The van der Waals surface area contributed by atoms with Crippen molar-refractivity contribution in [1.82, 2.24) is 4.90 Å². The number of amides is 1. The van der Waals surface area contributed by atoms with Crippen LogP contribution in [-0.2, 0) is 14.3 Å². The Morgan fingerprint density at radius 2 is 2.00 bits per heavy atom. The van der Waals surface area contributed by atoms with Crippen molar-refractivity contribution >= 4 is 12.1 Å². The maximum atomic E-state index is 11.8. The highest BCUT2D eigenvalue weighted by Gasteiger charge is 2.31. The van der Waals surface area contributed by atoms with E-state index in [0.29, 0.717) is 25.9 Å².